The normalized spacial score (nSPS) is 20.6. The molecule has 2 aromatic rings. The molecular weight excluding hydrogens is 512 g/mol. The first-order valence-corrected chi connectivity index (χ1v) is 13.5. The molecule has 1 N–H and O–H groups in total. The highest BCUT2D eigenvalue weighted by Gasteiger charge is 2.39. The molecule has 2 aliphatic rings. The van der Waals surface area contributed by atoms with Crippen LogP contribution in [0.3, 0.4) is 0 Å². The van der Waals surface area contributed by atoms with Gasteiger partial charge in [-0.05, 0) is 43.0 Å². The van der Waals surface area contributed by atoms with Crippen molar-refractivity contribution >= 4 is 40.8 Å². The van der Waals surface area contributed by atoms with Gasteiger partial charge in [0, 0.05) is 49.5 Å². The maximum Gasteiger partial charge on any atom is 0.338 e. The molecule has 37 heavy (non-hydrogen) atoms. The summed E-state index contributed by atoms with van der Waals surface area (Å²) in [4.78, 5) is 45.8. The van der Waals surface area contributed by atoms with Gasteiger partial charge in [-0.15, -0.1) is 17.9 Å². The van der Waals surface area contributed by atoms with E-state index < -0.39 is 12.0 Å². The number of rotatable bonds is 8. The Morgan fingerprint density at radius 2 is 2.08 bits per heavy atom. The molecule has 0 unspecified atom stereocenters. The molecule has 0 bridgehead atoms. The first-order valence-electron chi connectivity index (χ1n) is 12.2. The van der Waals surface area contributed by atoms with E-state index in [-0.39, 0.29) is 31.1 Å². The number of carbonyl (C=O) groups is 3. The smallest absolute Gasteiger partial charge is 0.338 e. The fourth-order valence-corrected chi connectivity index (χ4v) is 5.69. The molecular formula is C27H31ClN4O4S. The zero-order valence-corrected chi connectivity index (χ0v) is 22.6. The molecule has 196 valence electrons. The lowest BCUT2D eigenvalue weighted by atomic mass is 9.94. The van der Waals surface area contributed by atoms with E-state index in [1.807, 2.05) is 35.4 Å². The predicted octanol–water partition coefficient (Wildman–Crippen LogP) is 4.32. The number of halogens is 1. The van der Waals surface area contributed by atoms with Gasteiger partial charge < -0.3 is 15.0 Å². The van der Waals surface area contributed by atoms with Crippen LogP contribution in [-0.4, -0.2) is 78.0 Å². The molecule has 0 aliphatic carbocycles. The SMILES string of the molecule is C=CCN1C(=O)N[C@H](c2cccc(Cl)c2)C(C(=O)OCC)=C1CN1CCN(C(=O)c2cccs2)[C@H](C)C1. The summed E-state index contributed by atoms with van der Waals surface area (Å²) in [5, 5.41) is 5.35. The number of amides is 3. The van der Waals surface area contributed by atoms with E-state index in [2.05, 4.69) is 16.8 Å². The predicted molar refractivity (Wildman–Crippen MR) is 145 cm³/mol. The molecule has 4 rings (SSSR count). The van der Waals surface area contributed by atoms with Crippen LogP contribution in [0, 0.1) is 0 Å². The number of carbonyl (C=O) groups excluding carboxylic acids is 3. The van der Waals surface area contributed by atoms with Crippen LogP contribution >= 0.6 is 22.9 Å². The van der Waals surface area contributed by atoms with Gasteiger partial charge in [0.1, 0.15) is 0 Å². The van der Waals surface area contributed by atoms with Crippen molar-refractivity contribution in [2.24, 2.45) is 0 Å². The van der Waals surface area contributed by atoms with Gasteiger partial charge in [0.05, 0.1) is 23.1 Å². The number of nitrogens with one attached hydrogen (secondary N) is 1. The van der Waals surface area contributed by atoms with Gasteiger partial charge in [0.25, 0.3) is 5.91 Å². The summed E-state index contributed by atoms with van der Waals surface area (Å²) >= 11 is 7.68. The molecule has 3 amide bonds. The van der Waals surface area contributed by atoms with Crippen LogP contribution in [-0.2, 0) is 9.53 Å². The summed E-state index contributed by atoms with van der Waals surface area (Å²) in [5.74, 6) is -0.462. The van der Waals surface area contributed by atoms with Gasteiger partial charge in [-0.25, -0.2) is 9.59 Å². The van der Waals surface area contributed by atoms with Crippen molar-refractivity contribution in [3.8, 4) is 0 Å². The molecule has 1 saturated heterocycles. The molecule has 10 heteroatoms. The number of hydrogen-bond donors (Lipinski definition) is 1. The first-order chi connectivity index (χ1) is 17.8. The summed E-state index contributed by atoms with van der Waals surface area (Å²) in [5.41, 5.74) is 1.63. The van der Waals surface area contributed by atoms with Gasteiger partial charge in [-0.2, -0.15) is 0 Å². The van der Waals surface area contributed by atoms with E-state index in [1.54, 1.807) is 31.2 Å². The molecule has 0 radical (unpaired) electrons. The summed E-state index contributed by atoms with van der Waals surface area (Å²) in [7, 11) is 0. The minimum atomic E-state index is -0.708. The third-order valence-corrected chi connectivity index (χ3v) is 7.60. The van der Waals surface area contributed by atoms with E-state index in [1.165, 1.54) is 16.2 Å². The number of piperazine rings is 1. The van der Waals surface area contributed by atoms with Gasteiger partial charge >= 0.3 is 12.0 Å². The average molecular weight is 543 g/mol. The second-order valence-electron chi connectivity index (χ2n) is 8.98. The van der Waals surface area contributed by atoms with Crippen molar-refractivity contribution in [2.45, 2.75) is 25.9 Å². The number of benzene rings is 1. The Hall–Kier alpha value is -3.14. The van der Waals surface area contributed by atoms with Crippen molar-refractivity contribution in [1.29, 1.82) is 0 Å². The number of nitrogens with zero attached hydrogens (tertiary/aromatic N) is 3. The zero-order chi connectivity index (χ0) is 26.5. The topological polar surface area (TPSA) is 82.2 Å². The quantitative estimate of drug-likeness (QED) is 0.397. The van der Waals surface area contributed by atoms with Crippen LogP contribution in [0.25, 0.3) is 0 Å². The lowest BCUT2D eigenvalue weighted by Gasteiger charge is -2.42. The highest BCUT2D eigenvalue weighted by molar-refractivity contribution is 7.12. The van der Waals surface area contributed by atoms with E-state index >= 15 is 0 Å². The molecule has 8 nitrogen and oxygen atoms in total. The monoisotopic (exact) mass is 542 g/mol. The van der Waals surface area contributed by atoms with Gasteiger partial charge in [-0.1, -0.05) is 35.9 Å². The van der Waals surface area contributed by atoms with Crippen LogP contribution in [0.1, 0.15) is 35.1 Å². The van der Waals surface area contributed by atoms with E-state index in [0.717, 1.165) is 4.88 Å². The van der Waals surface area contributed by atoms with Crippen LogP contribution in [0.5, 0.6) is 0 Å². The molecule has 0 saturated carbocycles. The molecule has 2 atom stereocenters. The molecule has 3 heterocycles. The van der Waals surface area contributed by atoms with Crippen molar-refractivity contribution in [1.82, 2.24) is 20.0 Å². The Morgan fingerprint density at radius 3 is 2.73 bits per heavy atom. The van der Waals surface area contributed by atoms with Crippen LogP contribution in [0.15, 0.2) is 65.7 Å². The van der Waals surface area contributed by atoms with Gasteiger partial charge in [-0.3, -0.25) is 14.6 Å². The Kier molecular flexibility index (Phi) is 8.68. The lowest BCUT2D eigenvalue weighted by molar-refractivity contribution is -0.139. The summed E-state index contributed by atoms with van der Waals surface area (Å²) in [6.07, 6.45) is 1.63. The standard InChI is InChI=1S/C27H31ClN4O4S/c1-4-11-32-21(17-30-12-13-31(18(3)16-30)25(33)22-10-7-14-37-22)23(26(34)36-5-2)24(29-27(32)35)19-8-6-9-20(28)15-19/h4,6-10,14-15,18,24H,1,5,11-13,16-17H2,2-3H3,(H,29,35)/t18-,24-/m1/s1. The second kappa shape index (κ2) is 11.9. The highest BCUT2D eigenvalue weighted by atomic mass is 35.5. The molecule has 2 aliphatic heterocycles. The second-order valence-corrected chi connectivity index (χ2v) is 10.4. The van der Waals surface area contributed by atoms with Crippen molar-refractivity contribution in [2.75, 3.05) is 39.3 Å². The number of thiophene rings is 1. The van der Waals surface area contributed by atoms with Crippen LogP contribution in [0.2, 0.25) is 5.02 Å². The summed E-state index contributed by atoms with van der Waals surface area (Å²) < 4.78 is 5.45. The molecule has 1 aromatic carbocycles. The minimum Gasteiger partial charge on any atom is -0.463 e. The van der Waals surface area contributed by atoms with Crippen molar-refractivity contribution < 1.29 is 19.1 Å². The highest BCUT2D eigenvalue weighted by Crippen LogP contribution is 2.33. The van der Waals surface area contributed by atoms with E-state index in [9.17, 15) is 14.4 Å². The largest absolute Gasteiger partial charge is 0.463 e. The lowest BCUT2D eigenvalue weighted by Crippen LogP contribution is -2.56. The fraction of sp³-hybridized carbons (Fsp3) is 0.370. The van der Waals surface area contributed by atoms with E-state index in [4.69, 9.17) is 16.3 Å². The molecule has 1 aromatic heterocycles. The Labute approximate surface area is 226 Å². The number of ether oxygens (including phenoxy) is 1. The minimum absolute atomic E-state index is 0.0277. The maximum atomic E-state index is 13.3. The summed E-state index contributed by atoms with van der Waals surface area (Å²) in [6.45, 7) is 10.1. The zero-order valence-electron chi connectivity index (χ0n) is 21.0. The molecule has 1 fully saturated rings. The van der Waals surface area contributed by atoms with Gasteiger partial charge in [0.15, 0.2) is 0 Å². The van der Waals surface area contributed by atoms with Crippen LogP contribution in [0.4, 0.5) is 4.79 Å². The number of esters is 1. The average Bonchev–Trinajstić information content (AvgIpc) is 3.41. The van der Waals surface area contributed by atoms with Crippen molar-refractivity contribution in [3.63, 3.8) is 0 Å². The third-order valence-electron chi connectivity index (χ3n) is 6.51. The van der Waals surface area contributed by atoms with E-state index in [0.29, 0.717) is 48.0 Å². The van der Waals surface area contributed by atoms with Crippen molar-refractivity contribution in [3.05, 3.63) is 81.2 Å². The number of urea groups is 1. The molecule has 0 spiro atoms. The Morgan fingerprint density at radius 1 is 1.27 bits per heavy atom. The Bertz CT molecular complexity index is 1200. The summed E-state index contributed by atoms with van der Waals surface area (Å²) in [6, 6.07) is 9.74. The van der Waals surface area contributed by atoms with Crippen LogP contribution < -0.4 is 5.32 Å². The fourth-order valence-electron chi connectivity index (χ4n) is 4.81. The van der Waals surface area contributed by atoms with Gasteiger partial charge in [0.2, 0.25) is 0 Å². The first kappa shape index (κ1) is 26.9. The third kappa shape index (κ3) is 5.89. The number of hydrogen-bond acceptors (Lipinski definition) is 6. The Balaban J connectivity index is 1.67. The maximum absolute atomic E-state index is 13.3.